The van der Waals surface area contributed by atoms with Crippen LogP contribution in [0.25, 0.3) is 0 Å². The van der Waals surface area contributed by atoms with Crippen molar-refractivity contribution >= 4 is 5.78 Å². The predicted octanol–water partition coefficient (Wildman–Crippen LogP) is 3.67. The van der Waals surface area contributed by atoms with Crippen LogP contribution >= 0.6 is 0 Å². The van der Waals surface area contributed by atoms with Crippen LogP contribution in [0.2, 0.25) is 0 Å². The number of aromatic nitrogens is 1. The molecule has 0 saturated carbocycles. The highest BCUT2D eigenvalue weighted by Crippen LogP contribution is 2.14. The molecule has 0 radical (unpaired) electrons. The van der Waals surface area contributed by atoms with Gasteiger partial charge in [0.05, 0.1) is 0 Å². The molecule has 4 nitrogen and oxygen atoms in total. The molecule has 0 aliphatic carbocycles. The second kappa shape index (κ2) is 10.2. The van der Waals surface area contributed by atoms with E-state index in [0.717, 1.165) is 5.56 Å². The lowest BCUT2D eigenvalue weighted by molar-refractivity contribution is -0.118. The lowest BCUT2D eigenvalue weighted by Crippen LogP contribution is -2.36. The monoisotopic (exact) mass is 351 g/mol. The van der Waals surface area contributed by atoms with Gasteiger partial charge in [-0.2, -0.15) is 0 Å². The number of hydrogen-bond acceptors (Lipinski definition) is 4. The van der Waals surface area contributed by atoms with Gasteiger partial charge in [-0.15, -0.1) is 0 Å². The summed E-state index contributed by atoms with van der Waals surface area (Å²) in [5, 5.41) is 0. The average molecular weight is 351 g/mol. The first-order chi connectivity index (χ1) is 12.3. The maximum absolute atomic E-state index is 10.9. The summed E-state index contributed by atoms with van der Waals surface area (Å²) < 4.78 is 0. The molecule has 2 aromatic carbocycles. The zero-order chi connectivity index (χ0) is 19.7. The topological polar surface area (TPSA) is 64.1 Å². The molecule has 3 aromatic rings. The van der Waals surface area contributed by atoms with Crippen molar-refractivity contribution in [3.63, 3.8) is 0 Å². The van der Waals surface area contributed by atoms with E-state index in [1.807, 2.05) is 56.3 Å². The van der Waals surface area contributed by atoms with Crippen LogP contribution < -0.4 is 10.9 Å². The summed E-state index contributed by atoms with van der Waals surface area (Å²) in [5.74, 6) is 0.257. The molecule has 0 N–H and O–H groups in total. The number of benzene rings is 1. The van der Waals surface area contributed by atoms with Crippen LogP contribution in [0.5, 0.6) is 0 Å². The fourth-order valence-electron chi connectivity index (χ4n) is 2.02. The van der Waals surface area contributed by atoms with Crippen LogP contribution in [0.1, 0.15) is 42.0 Å². The fourth-order valence-corrected chi connectivity index (χ4v) is 2.02. The van der Waals surface area contributed by atoms with E-state index in [-0.39, 0.29) is 22.6 Å². The van der Waals surface area contributed by atoms with Gasteiger partial charge in [0.2, 0.25) is 10.9 Å². The molecule has 0 aliphatic heterocycles. The van der Waals surface area contributed by atoms with Gasteiger partial charge in [0.1, 0.15) is 5.78 Å². The first-order valence-corrected chi connectivity index (χ1v) is 8.44. The van der Waals surface area contributed by atoms with Crippen LogP contribution in [0, 0.1) is 20.8 Å². The normalized spacial score (nSPS) is 10.8. The zero-order valence-electron chi connectivity index (χ0n) is 15.9. The van der Waals surface area contributed by atoms with Crippen molar-refractivity contribution < 1.29 is 4.79 Å². The summed E-state index contributed by atoms with van der Waals surface area (Å²) in [6.07, 6.45) is 3.57. The van der Waals surface area contributed by atoms with E-state index >= 15 is 0 Å². The Balaban J connectivity index is 0.000000201. The molecule has 0 aliphatic rings. The number of pyridine rings is 1. The summed E-state index contributed by atoms with van der Waals surface area (Å²) in [5.41, 5.74) is 2.96. The molecular weight excluding hydrogens is 326 g/mol. The SMILES string of the molecule is CC(=O)C(C)c1ccccc1.Cc1c(C)c(=O)c1=O.Cc1ccncc1. The number of Topliss-reactive ketones (excluding diaryl/α,β-unsaturated/α-hetero) is 1. The molecule has 26 heavy (non-hydrogen) atoms. The van der Waals surface area contributed by atoms with Gasteiger partial charge >= 0.3 is 0 Å². The Morgan fingerprint density at radius 3 is 1.62 bits per heavy atom. The standard InChI is InChI=1S/C10H12O.C6H7N.C6H6O2/c1-8(9(2)11)10-6-4-3-5-7-10;1-6-2-4-7-5-3-6;1-3-4(2)6(8)5(3)7/h3-8H,1-2H3;2-5H,1H3;1-2H3. The van der Waals surface area contributed by atoms with E-state index in [1.54, 1.807) is 33.2 Å². The number of hydrogen-bond donors (Lipinski definition) is 0. The molecule has 3 rings (SSSR count). The average Bonchev–Trinajstić information content (AvgIpc) is 2.68. The van der Waals surface area contributed by atoms with E-state index in [2.05, 4.69) is 4.98 Å². The molecule has 0 bridgehead atoms. The fraction of sp³-hybridized carbons (Fsp3) is 0.273. The number of rotatable bonds is 2. The van der Waals surface area contributed by atoms with Gasteiger partial charge in [0.15, 0.2) is 0 Å². The van der Waals surface area contributed by atoms with Crippen molar-refractivity contribution in [2.75, 3.05) is 0 Å². The Bertz CT molecular complexity index is 863. The van der Waals surface area contributed by atoms with Crippen LogP contribution in [0.4, 0.5) is 0 Å². The van der Waals surface area contributed by atoms with Gasteiger partial charge in [-0.25, -0.2) is 0 Å². The third-order valence-corrected chi connectivity index (χ3v) is 4.21. The van der Waals surface area contributed by atoms with Gasteiger partial charge < -0.3 is 0 Å². The Kier molecular flexibility index (Phi) is 8.29. The first kappa shape index (κ1) is 21.2. The van der Waals surface area contributed by atoms with E-state index < -0.39 is 0 Å². The Labute approximate surface area is 154 Å². The number of carbonyl (C=O) groups is 1. The van der Waals surface area contributed by atoms with Gasteiger partial charge in [-0.3, -0.25) is 19.4 Å². The highest BCUT2D eigenvalue weighted by molar-refractivity contribution is 5.82. The maximum atomic E-state index is 10.9. The molecule has 0 saturated heterocycles. The van der Waals surface area contributed by atoms with Crippen molar-refractivity contribution in [3.05, 3.63) is 97.6 Å². The Morgan fingerprint density at radius 2 is 1.31 bits per heavy atom. The number of aryl methyl sites for hydroxylation is 1. The summed E-state index contributed by atoms with van der Waals surface area (Å²) in [4.78, 5) is 35.5. The van der Waals surface area contributed by atoms with E-state index in [0.29, 0.717) is 11.1 Å². The van der Waals surface area contributed by atoms with Gasteiger partial charge in [0, 0.05) is 29.4 Å². The zero-order valence-corrected chi connectivity index (χ0v) is 15.9. The largest absolute Gasteiger partial charge is 0.299 e. The minimum atomic E-state index is -0.317. The minimum absolute atomic E-state index is 0.0381. The molecule has 0 spiro atoms. The molecule has 4 heteroatoms. The van der Waals surface area contributed by atoms with Crippen molar-refractivity contribution in [1.82, 2.24) is 4.98 Å². The highest BCUT2D eigenvalue weighted by Gasteiger charge is 2.10. The van der Waals surface area contributed by atoms with Gasteiger partial charge in [-0.05, 0) is 51.0 Å². The summed E-state index contributed by atoms with van der Waals surface area (Å²) in [7, 11) is 0. The number of ketones is 1. The van der Waals surface area contributed by atoms with E-state index in [4.69, 9.17) is 0 Å². The first-order valence-electron chi connectivity index (χ1n) is 8.44. The van der Waals surface area contributed by atoms with Crippen LogP contribution in [-0.2, 0) is 4.79 Å². The smallest absolute Gasteiger partial charge is 0.229 e. The van der Waals surface area contributed by atoms with Crippen LogP contribution in [0.15, 0.2) is 64.4 Å². The second-order valence-electron chi connectivity index (χ2n) is 6.18. The van der Waals surface area contributed by atoms with E-state index in [9.17, 15) is 14.4 Å². The minimum Gasteiger partial charge on any atom is -0.299 e. The lowest BCUT2D eigenvalue weighted by atomic mass is 9.98. The van der Waals surface area contributed by atoms with Crippen molar-refractivity contribution in [2.24, 2.45) is 0 Å². The molecule has 1 heterocycles. The van der Waals surface area contributed by atoms with Crippen LogP contribution in [-0.4, -0.2) is 10.8 Å². The Morgan fingerprint density at radius 1 is 0.846 bits per heavy atom. The number of nitrogens with zero attached hydrogens (tertiary/aromatic N) is 1. The molecule has 1 unspecified atom stereocenters. The maximum Gasteiger partial charge on any atom is 0.229 e. The van der Waals surface area contributed by atoms with Crippen molar-refractivity contribution in [3.8, 4) is 0 Å². The van der Waals surface area contributed by atoms with Gasteiger partial charge in [0.25, 0.3) is 0 Å². The molecule has 1 atom stereocenters. The van der Waals surface area contributed by atoms with E-state index in [1.165, 1.54) is 5.56 Å². The predicted molar refractivity (Wildman–Crippen MR) is 105 cm³/mol. The van der Waals surface area contributed by atoms with Gasteiger partial charge in [-0.1, -0.05) is 37.3 Å². The quantitative estimate of drug-likeness (QED) is 0.661. The Hall–Kier alpha value is -2.88. The molecule has 0 amide bonds. The summed E-state index contributed by atoms with van der Waals surface area (Å²) in [6.45, 7) is 8.93. The third kappa shape index (κ3) is 6.20. The second-order valence-corrected chi connectivity index (χ2v) is 6.18. The van der Waals surface area contributed by atoms with Crippen molar-refractivity contribution in [2.45, 2.75) is 40.5 Å². The summed E-state index contributed by atoms with van der Waals surface area (Å²) >= 11 is 0. The molecule has 1 aromatic heterocycles. The third-order valence-electron chi connectivity index (χ3n) is 4.21. The van der Waals surface area contributed by atoms with Crippen LogP contribution in [0.3, 0.4) is 0 Å². The number of carbonyl (C=O) groups excluding carboxylic acids is 1. The van der Waals surface area contributed by atoms with Crippen molar-refractivity contribution in [1.29, 1.82) is 0 Å². The molecule has 0 fully saturated rings. The lowest BCUT2D eigenvalue weighted by Gasteiger charge is -2.05. The summed E-state index contributed by atoms with van der Waals surface area (Å²) in [6, 6.07) is 13.8. The molecule has 136 valence electrons. The molecular formula is C22H25NO3. The highest BCUT2D eigenvalue weighted by atomic mass is 16.2.